The van der Waals surface area contributed by atoms with Crippen LogP contribution in [0.25, 0.3) is 10.1 Å². The van der Waals surface area contributed by atoms with Gasteiger partial charge >= 0.3 is 0 Å². The van der Waals surface area contributed by atoms with Crippen molar-refractivity contribution in [2.45, 2.75) is 16.8 Å². The van der Waals surface area contributed by atoms with Gasteiger partial charge in [-0.1, -0.05) is 48.0 Å². The smallest absolute Gasteiger partial charge is 0.249 e. The van der Waals surface area contributed by atoms with Crippen LogP contribution in [0.4, 0.5) is 0 Å². The van der Waals surface area contributed by atoms with E-state index < -0.39 is 18.6 Å². The van der Waals surface area contributed by atoms with Gasteiger partial charge in [-0.25, -0.2) is 0 Å². The molecule has 0 bridgehead atoms. The van der Waals surface area contributed by atoms with E-state index in [1.54, 1.807) is 11.3 Å². The Labute approximate surface area is 176 Å². The van der Waals surface area contributed by atoms with E-state index in [1.807, 2.05) is 54.6 Å². The first-order valence-electron chi connectivity index (χ1n) is 8.59. The van der Waals surface area contributed by atoms with Crippen molar-refractivity contribution in [3.63, 3.8) is 0 Å². The number of benzene rings is 2. The van der Waals surface area contributed by atoms with Gasteiger partial charge in [0.1, 0.15) is 18.9 Å². The zero-order valence-electron chi connectivity index (χ0n) is 14.9. The van der Waals surface area contributed by atoms with E-state index in [2.05, 4.69) is 4.72 Å². The number of thiophene rings is 1. The Balaban J connectivity index is 1.64. The topological polar surface area (TPSA) is 69.6 Å². The van der Waals surface area contributed by atoms with Gasteiger partial charge < -0.3 is 14.8 Å². The minimum atomic E-state index is -0.684. The largest absolute Gasteiger partial charge is 0.387 e. The molecule has 146 valence electrons. The van der Waals surface area contributed by atoms with Crippen LogP contribution in [-0.2, 0) is 16.1 Å². The van der Waals surface area contributed by atoms with Crippen LogP contribution in [0.3, 0.4) is 0 Å². The van der Waals surface area contributed by atoms with Crippen LogP contribution in [-0.4, -0.2) is 41.4 Å². The Kier molecular flexibility index (Phi) is 7.47. The summed E-state index contributed by atoms with van der Waals surface area (Å²) in [5.41, 5.74) is 0.894. The van der Waals surface area contributed by atoms with Crippen molar-refractivity contribution in [2.24, 2.45) is 0 Å². The molecule has 5 nitrogen and oxygen atoms in total. The number of nitrogens with one attached hydrogen (secondary N) is 1. The summed E-state index contributed by atoms with van der Waals surface area (Å²) in [7, 11) is 0. The van der Waals surface area contributed by atoms with Crippen molar-refractivity contribution in [3.8, 4) is 0 Å². The van der Waals surface area contributed by atoms with Crippen LogP contribution in [0.5, 0.6) is 0 Å². The SMILES string of the molecule is O=CC(CNSc1cc2ccc(Cl)cc2s1)N(Cc1ccccc1)C(=O)CO. The summed E-state index contributed by atoms with van der Waals surface area (Å²) in [4.78, 5) is 25.2. The molecule has 0 spiro atoms. The number of rotatable bonds is 9. The van der Waals surface area contributed by atoms with Gasteiger partial charge in [-0.05, 0) is 41.1 Å². The number of carbonyl (C=O) groups excluding carboxylic acids is 2. The molecule has 0 aliphatic heterocycles. The second kappa shape index (κ2) is 10.0. The number of fused-ring (bicyclic) bond motifs is 1. The van der Waals surface area contributed by atoms with Crippen molar-refractivity contribution in [2.75, 3.05) is 13.2 Å². The number of amides is 1. The summed E-state index contributed by atoms with van der Waals surface area (Å²) in [6.07, 6.45) is 0.731. The van der Waals surface area contributed by atoms with Crippen LogP contribution >= 0.6 is 34.9 Å². The zero-order chi connectivity index (χ0) is 19.9. The highest BCUT2D eigenvalue weighted by molar-refractivity contribution is 7.99. The average Bonchev–Trinajstić information content (AvgIpc) is 3.12. The number of hydrogen-bond donors (Lipinski definition) is 2. The van der Waals surface area contributed by atoms with Crippen molar-refractivity contribution < 1.29 is 14.7 Å². The van der Waals surface area contributed by atoms with E-state index in [0.29, 0.717) is 5.02 Å². The van der Waals surface area contributed by atoms with Crippen LogP contribution in [0.2, 0.25) is 5.02 Å². The maximum atomic E-state index is 12.2. The first-order chi connectivity index (χ1) is 13.6. The van der Waals surface area contributed by atoms with E-state index in [0.717, 1.165) is 26.1 Å². The number of aliphatic hydroxyl groups is 1. The number of halogens is 1. The molecule has 0 fully saturated rings. The molecule has 1 atom stereocenters. The maximum absolute atomic E-state index is 12.2. The number of aliphatic hydroxyl groups excluding tert-OH is 1. The molecule has 0 aliphatic rings. The summed E-state index contributed by atoms with van der Waals surface area (Å²) >= 11 is 9.03. The Bertz CT molecular complexity index is 949. The third kappa shape index (κ3) is 5.33. The molecule has 3 aromatic rings. The summed E-state index contributed by atoms with van der Waals surface area (Å²) in [5, 5.41) is 11.1. The van der Waals surface area contributed by atoms with Crippen molar-refractivity contribution in [1.29, 1.82) is 0 Å². The van der Waals surface area contributed by atoms with Gasteiger partial charge in [-0.3, -0.25) is 9.52 Å². The fraction of sp³-hybridized carbons (Fsp3) is 0.200. The lowest BCUT2D eigenvalue weighted by Gasteiger charge is -2.28. The number of carbonyl (C=O) groups is 2. The van der Waals surface area contributed by atoms with Crippen LogP contribution in [0.15, 0.2) is 58.8 Å². The minimum absolute atomic E-state index is 0.261. The van der Waals surface area contributed by atoms with Gasteiger partial charge in [0.15, 0.2) is 0 Å². The molecule has 1 heterocycles. The third-order valence-electron chi connectivity index (χ3n) is 4.13. The molecule has 8 heteroatoms. The molecule has 1 unspecified atom stereocenters. The first-order valence-corrected chi connectivity index (χ1v) is 10.6. The van der Waals surface area contributed by atoms with Gasteiger partial charge in [-0.2, -0.15) is 0 Å². The Morgan fingerprint density at radius 3 is 2.75 bits per heavy atom. The summed E-state index contributed by atoms with van der Waals surface area (Å²) in [6, 6.07) is 16.5. The van der Waals surface area contributed by atoms with Crippen molar-refractivity contribution in [1.82, 2.24) is 9.62 Å². The Morgan fingerprint density at radius 1 is 1.25 bits per heavy atom. The van der Waals surface area contributed by atoms with Crippen molar-refractivity contribution >= 4 is 57.2 Å². The minimum Gasteiger partial charge on any atom is -0.387 e. The van der Waals surface area contributed by atoms with Crippen LogP contribution in [0.1, 0.15) is 5.56 Å². The summed E-state index contributed by atoms with van der Waals surface area (Å²) in [6.45, 7) is -0.111. The van der Waals surface area contributed by atoms with Gasteiger partial charge in [0.05, 0.1) is 4.21 Å². The molecule has 1 amide bonds. The second-order valence-electron chi connectivity index (χ2n) is 6.07. The number of nitrogens with zero attached hydrogens (tertiary/aromatic N) is 1. The predicted molar refractivity (Wildman–Crippen MR) is 115 cm³/mol. The molecule has 1 aromatic heterocycles. The first kappa shape index (κ1) is 20.8. The quantitative estimate of drug-likeness (QED) is 0.396. The van der Waals surface area contributed by atoms with E-state index in [9.17, 15) is 14.7 Å². The molecular formula is C20H19ClN2O3S2. The molecular weight excluding hydrogens is 416 g/mol. The summed E-state index contributed by atoms with van der Waals surface area (Å²) in [5.74, 6) is -0.482. The van der Waals surface area contributed by atoms with E-state index >= 15 is 0 Å². The Morgan fingerprint density at radius 2 is 2.04 bits per heavy atom. The molecule has 0 saturated heterocycles. The molecule has 28 heavy (non-hydrogen) atoms. The van der Waals surface area contributed by atoms with Crippen molar-refractivity contribution in [3.05, 3.63) is 65.2 Å². The second-order valence-corrected chi connectivity index (χ2v) is 8.78. The predicted octanol–water partition coefficient (Wildman–Crippen LogP) is 3.74. The highest BCUT2D eigenvalue weighted by Crippen LogP contribution is 2.33. The van der Waals surface area contributed by atoms with Gasteiger partial charge in [0, 0.05) is 22.8 Å². The molecule has 0 aliphatic carbocycles. The normalized spacial score (nSPS) is 12.1. The Hall–Kier alpha value is -1.90. The molecule has 3 rings (SSSR count). The molecule has 2 N–H and O–H groups in total. The standard InChI is InChI=1S/C20H19ClN2O3S2/c21-16-7-6-15-8-20(27-18(15)9-16)28-22-10-17(12-24)23(19(26)13-25)11-14-4-2-1-3-5-14/h1-9,12,17,22,25H,10-11,13H2. The number of aldehydes is 1. The lowest BCUT2D eigenvalue weighted by atomic mass is 10.1. The zero-order valence-corrected chi connectivity index (χ0v) is 17.3. The maximum Gasteiger partial charge on any atom is 0.249 e. The average molecular weight is 435 g/mol. The fourth-order valence-corrected chi connectivity index (χ4v) is 4.99. The summed E-state index contributed by atoms with van der Waals surface area (Å²) < 4.78 is 5.28. The highest BCUT2D eigenvalue weighted by Gasteiger charge is 2.23. The lowest BCUT2D eigenvalue weighted by Crippen LogP contribution is -2.46. The van der Waals surface area contributed by atoms with Crippen LogP contribution < -0.4 is 4.72 Å². The van der Waals surface area contributed by atoms with E-state index in [1.165, 1.54) is 16.8 Å². The highest BCUT2D eigenvalue weighted by atomic mass is 35.5. The monoisotopic (exact) mass is 434 g/mol. The van der Waals surface area contributed by atoms with E-state index in [4.69, 9.17) is 11.6 Å². The van der Waals surface area contributed by atoms with Crippen LogP contribution in [0, 0.1) is 0 Å². The van der Waals surface area contributed by atoms with Gasteiger partial charge in [0.25, 0.3) is 0 Å². The third-order valence-corrected chi connectivity index (χ3v) is 6.39. The van der Waals surface area contributed by atoms with Gasteiger partial charge in [0.2, 0.25) is 5.91 Å². The molecule has 2 aromatic carbocycles. The van der Waals surface area contributed by atoms with Gasteiger partial charge in [-0.15, -0.1) is 11.3 Å². The van der Waals surface area contributed by atoms with E-state index in [-0.39, 0.29) is 13.1 Å². The molecule has 0 radical (unpaired) electrons. The number of hydrogen-bond acceptors (Lipinski definition) is 6. The lowest BCUT2D eigenvalue weighted by molar-refractivity contribution is -0.139. The fourth-order valence-electron chi connectivity index (χ4n) is 2.72. The molecule has 0 saturated carbocycles.